The van der Waals surface area contributed by atoms with Crippen molar-refractivity contribution in [1.29, 1.82) is 0 Å². The van der Waals surface area contributed by atoms with E-state index in [1.54, 1.807) is 12.1 Å². The van der Waals surface area contributed by atoms with Crippen molar-refractivity contribution in [2.45, 2.75) is 71.1 Å². The molecule has 1 aromatic carbocycles. The highest BCUT2D eigenvalue weighted by atomic mass is 16.6. The molecule has 2 rings (SSSR count). The molecule has 0 aliphatic heterocycles. The lowest BCUT2D eigenvalue weighted by Gasteiger charge is -2.06. The summed E-state index contributed by atoms with van der Waals surface area (Å²) in [5.74, 6) is 0.791. The molecule has 1 heterocycles. The van der Waals surface area contributed by atoms with E-state index in [2.05, 4.69) is 22.1 Å². The largest absolute Gasteiger partial charge is 0.494 e. The van der Waals surface area contributed by atoms with E-state index in [0.29, 0.717) is 12.3 Å². The van der Waals surface area contributed by atoms with Crippen LogP contribution in [0.4, 0.5) is 17.1 Å². The average molecular weight is 413 g/mol. The van der Waals surface area contributed by atoms with Gasteiger partial charge in [0.25, 0.3) is 0 Å². The predicted molar refractivity (Wildman–Crippen MR) is 119 cm³/mol. The first-order valence-corrected chi connectivity index (χ1v) is 10.9. The highest BCUT2D eigenvalue weighted by molar-refractivity contribution is 5.55. The topological polar surface area (TPSA) is 90.0 Å². The van der Waals surface area contributed by atoms with E-state index in [0.717, 1.165) is 12.2 Å². The van der Waals surface area contributed by atoms with E-state index in [1.807, 2.05) is 12.1 Å². The number of ether oxygens (including phenoxy) is 1. The number of benzene rings is 1. The fraction of sp³-hybridized carbons (Fsp3) is 0.522. The maximum atomic E-state index is 11.0. The van der Waals surface area contributed by atoms with Gasteiger partial charge >= 0.3 is 5.69 Å². The van der Waals surface area contributed by atoms with Gasteiger partial charge in [-0.2, -0.15) is 5.11 Å². The Morgan fingerprint density at radius 1 is 0.900 bits per heavy atom. The molecule has 0 saturated carbocycles. The molecule has 0 N–H and O–H groups in total. The third kappa shape index (κ3) is 9.11. The summed E-state index contributed by atoms with van der Waals surface area (Å²) >= 11 is 0. The highest BCUT2D eigenvalue weighted by Crippen LogP contribution is 2.28. The first kappa shape index (κ1) is 23.4. The first-order valence-electron chi connectivity index (χ1n) is 10.9. The quantitative estimate of drug-likeness (QED) is 0.130. The maximum Gasteiger partial charge on any atom is 0.314 e. The molecular weight excluding hydrogens is 380 g/mol. The summed E-state index contributed by atoms with van der Waals surface area (Å²) in [7, 11) is 0. The summed E-state index contributed by atoms with van der Waals surface area (Å²) in [5.41, 5.74) is 0.612. The first-order chi connectivity index (χ1) is 14.7. The Labute approximate surface area is 178 Å². The van der Waals surface area contributed by atoms with Gasteiger partial charge in [-0.25, -0.2) is 0 Å². The van der Waals surface area contributed by atoms with Gasteiger partial charge in [0.2, 0.25) is 0 Å². The van der Waals surface area contributed by atoms with Gasteiger partial charge in [-0.15, -0.1) is 5.11 Å². The van der Waals surface area contributed by atoms with Gasteiger partial charge in [0.05, 0.1) is 17.2 Å². The molecule has 0 bridgehead atoms. The number of unbranched alkanes of at least 4 members (excludes halogenated alkanes) is 9. The number of rotatable bonds is 15. The van der Waals surface area contributed by atoms with E-state index < -0.39 is 4.92 Å². The van der Waals surface area contributed by atoms with Gasteiger partial charge in [0.1, 0.15) is 11.9 Å². The summed E-state index contributed by atoms with van der Waals surface area (Å²) in [5, 5.41) is 19.0. The SMILES string of the molecule is CCCCCCCCCCCCOc1ccc(N=Nc2ccncc2[N+](=O)[O-])cc1. The minimum atomic E-state index is -0.522. The van der Waals surface area contributed by atoms with Gasteiger partial charge in [-0.1, -0.05) is 64.7 Å². The summed E-state index contributed by atoms with van der Waals surface area (Å²) in [4.78, 5) is 14.2. The number of azo groups is 1. The van der Waals surface area contributed by atoms with Crippen LogP contribution in [0.3, 0.4) is 0 Å². The Bertz CT molecular complexity index is 778. The van der Waals surface area contributed by atoms with Gasteiger partial charge < -0.3 is 4.74 Å². The van der Waals surface area contributed by atoms with Gasteiger partial charge in [0, 0.05) is 6.20 Å². The molecule has 0 radical (unpaired) electrons. The second-order valence-corrected chi connectivity index (χ2v) is 7.35. The molecule has 0 atom stereocenters. The standard InChI is InChI=1S/C23H32N4O3/c1-2-3-4-5-6-7-8-9-10-11-18-30-21-14-12-20(13-15-21)25-26-22-16-17-24-19-23(22)27(28)29/h12-17,19H,2-11,18H2,1H3. The van der Waals surface area contributed by atoms with Crippen molar-refractivity contribution < 1.29 is 9.66 Å². The highest BCUT2D eigenvalue weighted by Gasteiger charge is 2.12. The van der Waals surface area contributed by atoms with Crippen molar-refractivity contribution in [3.63, 3.8) is 0 Å². The van der Waals surface area contributed by atoms with Crippen LogP contribution in [0, 0.1) is 10.1 Å². The average Bonchev–Trinajstić information content (AvgIpc) is 2.77. The van der Waals surface area contributed by atoms with Crippen molar-refractivity contribution >= 4 is 17.1 Å². The Hall–Kier alpha value is -2.83. The van der Waals surface area contributed by atoms with Crippen LogP contribution in [0.25, 0.3) is 0 Å². The molecule has 7 nitrogen and oxygen atoms in total. The molecule has 0 unspecified atom stereocenters. The zero-order valence-electron chi connectivity index (χ0n) is 17.8. The number of hydrogen-bond donors (Lipinski definition) is 0. The fourth-order valence-corrected chi connectivity index (χ4v) is 3.10. The van der Waals surface area contributed by atoms with E-state index in [1.165, 1.54) is 76.2 Å². The monoisotopic (exact) mass is 412 g/mol. The summed E-state index contributed by atoms with van der Waals surface area (Å²) < 4.78 is 5.78. The molecule has 0 aliphatic carbocycles. The zero-order chi connectivity index (χ0) is 21.4. The van der Waals surface area contributed by atoms with Gasteiger partial charge in [-0.3, -0.25) is 15.1 Å². The van der Waals surface area contributed by atoms with Crippen LogP contribution in [-0.4, -0.2) is 16.5 Å². The Morgan fingerprint density at radius 2 is 1.53 bits per heavy atom. The molecule has 0 spiro atoms. The predicted octanol–water partition coefficient (Wildman–Crippen LogP) is 7.70. The molecule has 162 valence electrons. The van der Waals surface area contributed by atoms with Crippen LogP contribution < -0.4 is 4.74 Å². The summed E-state index contributed by atoms with van der Waals surface area (Å²) in [6, 6.07) is 8.71. The molecule has 30 heavy (non-hydrogen) atoms. The second kappa shape index (κ2) is 14.2. The molecule has 0 fully saturated rings. The van der Waals surface area contributed by atoms with Crippen molar-refractivity contribution in [3.05, 3.63) is 52.8 Å². The van der Waals surface area contributed by atoms with Crippen LogP contribution >= 0.6 is 0 Å². The van der Waals surface area contributed by atoms with Crippen LogP contribution in [0.5, 0.6) is 5.75 Å². The van der Waals surface area contributed by atoms with E-state index >= 15 is 0 Å². The molecular formula is C23H32N4O3. The molecule has 0 aliphatic rings. The third-order valence-electron chi connectivity index (χ3n) is 4.85. The van der Waals surface area contributed by atoms with Crippen molar-refractivity contribution in [2.75, 3.05) is 6.61 Å². The Morgan fingerprint density at radius 3 is 2.17 bits per heavy atom. The minimum Gasteiger partial charge on any atom is -0.494 e. The lowest BCUT2D eigenvalue weighted by Crippen LogP contribution is -1.96. The van der Waals surface area contributed by atoms with Crippen LogP contribution in [0.15, 0.2) is 53.0 Å². The maximum absolute atomic E-state index is 11.0. The molecule has 1 aromatic heterocycles. The molecule has 7 heteroatoms. The van der Waals surface area contributed by atoms with E-state index in [-0.39, 0.29) is 11.4 Å². The van der Waals surface area contributed by atoms with E-state index in [4.69, 9.17) is 4.74 Å². The normalized spacial score (nSPS) is 11.1. The van der Waals surface area contributed by atoms with Crippen molar-refractivity contribution in [2.24, 2.45) is 10.2 Å². The number of hydrogen-bond acceptors (Lipinski definition) is 6. The molecule has 0 saturated heterocycles. The van der Waals surface area contributed by atoms with Crippen molar-refractivity contribution in [3.8, 4) is 5.75 Å². The minimum absolute atomic E-state index is 0.169. The molecule has 0 amide bonds. The second-order valence-electron chi connectivity index (χ2n) is 7.35. The van der Waals surface area contributed by atoms with Gasteiger partial charge in [-0.05, 0) is 36.8 Å². The Balaban J connectivity index is 1.63. The van der Waals surface area contributed by atoms with Crippen LogP contribution in [-0.2, 0) is 0 Å². The summed E-state index contributed by atoms with van der Waals surface area (Å²) in [6.45, 7) is 2.96. The zero-order valence-corrected chi connectivity index (χ0v) is 17.8. The third-order valence-corrected chi connectivity index (χ3v) is 4.85. The fourth-order valence-electron chi connectivity index (χ4n) is 3.10. The Kier molecular flexibility index (Phi) is 11.1. The van der Waals surface area contributed by atoms with Crippen LogP contribution in [0.1, 0.15) is 71.1 Å². The van der Waals surface area contributed by atoms with Crippen LogP contribution in [0.2, 0.25) is 0 Å². The lowest BCUT2D eigenvalue weighted by molar-refractivity contribution is -0.384. The summed E-state index contributed by atoms with van der Waals surface area (Å²) in [6.07, 6.45) is 15.6. The number of nitro groups is 1. The number of aromatic nitrogens is 1. The van der Waals surface area contributed by atoms with Crippen molar-refractivity contribution in [1.82, 2.24) is 4.98 Å². The number of pyridine rings is 1. The van der Waals surface area contributed by atoms with Gasteiger partial charge in [0.15, 0.2) is 5.69 Å². The smallest absolute Gasteiger partial charge is 0.314 e. The molecule has 2 aromatic rings. The number of nitrogens with zero attached hydrogens (tertiary/aromatic N) is 4. The lowest BCUT2D eigenvalue weighted by atomic mass is 10.1. The van der Waals surface area contributed by atoms with E-state index in [9.17, 15) is 10.1 Å².